The lowest BCUT2D eigenvalue weighted by Crippen LogP contribution is -2.17. The molecule has 5 heteroatoms. The minimum Gasteiger partial charge on any atom is -0.313 e. The molecule has 5 rings (SSSR count). The number of benzene rings is 2. The van der Waals surface area contributed by atoms with E-state index in [4.69, 9.17) is 4.98 Å². The van der Waals surface area contributed by atoms with Crippen LogP contribution in [0.3, 0.4) is 0 Å². The molecule has 2 aromatic carbocycles. The van der Waals surface area contributed by atoms with Gasteiger partial charge >= 0.3 is 0 Å². The number of carbonyl (C=O) groups excluding carboxylic acids is 1. The molecular formula is C24H23N3OS. The van der Waals surface area contributed by atoms with Crippen molar-refractivity contribution in [1.29, 1.82) is 0 Å². The second-order valence-corrected chi connectivity index (χ2v) is 9.91. The third-order valence-corrected chi connectivity index (χ3v) is 6.64. The van der Waals surface area contributed by atoms with E-state index < -0.39 is 4.75 Å². The van der Waals surface area contributed by atoms with E-state index in [0.717, 1.165) is 22.6 Å². The first-order valence-electron chi connectivity index (χ1n) is 10.0. The number of aldehydes is 1. The van der Waals surface area contributed by atoms with Crippen LogP contribution in [0.15, 0.2) is 59.9 Å². The first kappa shape index (κ1) is 18.4. The van der Waals surface area contributed by atoms with Crippen LogP contribution in [0.4, 0.5) is 0 Å². The van der Waals surface area contributed by atoms with E-state index >= 15 is 0 Å². The molecule has 0 N–H and O–H groups in total. The first-order valence-corrected chi connectivity index (χ1v) is 10.8. The fraction of sp³-hybridized carbons (Fsp3) is 0.292. The van der Waals surface area contributed by atoms with Crippen molar-refractivity contribution < 1.29 is 4.79 Å². The Kier molecular flexibility index (Phi) is 4.43. The summed E-state index contributed by atoms with van der Waals surface area (Å²) in [6, 6.07) is 17.2. The van der Waals surface area contributed by atoms with Crippen molar-refractivity contribution in [2.24, 2.45) is 0 Å². The Morgan fingerprint density at radius 2 is 1.90 bits per heavy atom. The Hall–Kier alpha value is -2.66. The minimum atomic E-state index is -0.545. The summed E-state index contributed by atoms with van der Waals surface area (Å²) in [5.74, 6) is 0.715. The molecule has 0 amide bonds. The minimum absolute atomic E-state index is 0.545. The Bertz CT molecular complexity index is 1220. The van der Waals surface area contributed by atoms with Crippen LogP contribution >= 0.6 is 11.8 Å². The van der Waals surface area contributed by atoms with E-state index in [0.29, 0.717) is 12.5 Å². The molecule has 0 atom stereocenters. The van der Waals surface area contributed by atoms with Crippen molar-refractivity contribution in [2.45, 2.75) is 49.1 Å². The van der Waals surface area contributed by atoms with E-state index in [-0.39, 0.29) is 0 Å². The SMILES string of the molecule is CC(C)(C=O)Sc1nc2ncccc2n1Cc1ccc(C2CC2)c2ccccc12. The molecule has 0 spiro atoms. The summed E-state index contributed by atoms with van der Waals surface area (Å²) in [5.41, 5.74) is 4.44. The monoisotopic (exact) mass is 401 g/mol. The van der Waals surface area contributed by atoms with Crippen molar-refractivity contribution in [2.75, 3.05) is 0 Å². The zero-order valence-electron chi connectivity index (χ0n) is 16.6. The highest BCUT2D eigenvalue weighted by Crippen LogP contribution is 2.44. The lowest BCUT2D eigenvalue weighted by atomic mass is 9.97. The highest BCUT2D eigenvalue weighted by atomic mass is 32.2. The van der Waals surface area contributed by atoms with E-state index in [1.165, 1.54) is 46.5 Å². The van der Waals surface area contributed by atoms with Gasteiger partial charge in [-0.2, -0.15) is 0 Å². The molecule has 29 heavy (non-hydrogen) atoms. The molecule has 0 unspecified atom stereocenters. The second kappa shape index (κ2) is 6.99. The van der Waals surface area contributed by atoms with E-state index in [2.05, 4.69) is 45.9 Å². The molecule has 1 aliphatic rings. The van der Waals surface area contributed by atoms with Crippen LogP contribution in [-0.2, 0) is 11.3 Å². The summed E-state index contributed by atoms with van der Waals surface area (Å²) in [6.07, 6.45) is 5.33. The van der Waals surface area contributed by atoms with E-state index in [9.17, 15) is 4.79 Å². The summed E-state index contributed by atoms with van der Waals surface area (Å²) in [7, 11) is 0. The summed E-state index contributed by atoms with van der Waals surface area (Å²) in [4.78, 5) is 20.7. The van der Waals surface area contributed by atoms with Gasteiger partial charge in [-0.25, -0.2) is 9.97 Å². The number of aromatic nitrogens is 3. The summed E-state index contributed by atoms with van der Waals surface area (Å²) >= 11 is 1.48. The predicted molar refractivity (Wildman–Crippen MR) is 119 cm³/mol. The number of rotatable bonds is 6. The molecule has 146 valence electrons. The molecule has 1 aliphatic carbocycles. The largest absolute Gasteiger partial charge is 0.313 e. The number of hydrogen-bond acceptors (Lipinski definition) is 4. The van der Waals surface area contributed by atoms with Crippen LogP contribution in [-0.4, -0.2) is 25.6 Å². The summed E-state index contributed by atoms with van der Waals surface area (Å²) in [5, 5.41) is 3.48. The second-order valence-electron chi connectivity index (χ2n) is 8.28. The third-order valence-electron chi connectivity index (χ3n) is 5.52. The van der Waals surface area contributed by atoms with Gasteiger partial charge < -0.3 is 9.36 Å². The Morgan fingerprint density at radius 3 is 2.66 bits per heavy atom. The molecule has 4 nitrogen and oxygen atoms in total. The molecule has 0 radical (unpaired) electrons. The molecular weight excluding hydrogens is 378 g/mol. The van der Waals surface area contributed by atoms with E-state index in [1.807, 2.05) is 26.0 Å². The molecule has 0 bridgehead atoms. The van der Waals surface area contributed by atoms with Gasteiger partial charge in [0.2, 0.25) is 0 Å². The van der Waals surface area contributed by atoms with Gasteiger partial charge in [-0.15, -0.1) is 0 Å². The first-order chi connectivity index (χ1) is 14.1. The molecule has 1 fully saturated rings. The highest BCUT2D eigenvalue weighted by molar-refractivity contribution is 8.01. The smallest absolute Gasteiger partial charge is 0.178 e. The van der Waals surface area contributed by atoms with Gasteiger partial charge in [-0.1, -0.05) is 48.2 Å². The van der Waals surface area contributed by atoms with Gasteiger partial charge in [-0.05, 0) is 66.6 Å². The third kappa shape index (κ3) is 3.44. The van der Waals surface area contributed by atoms with Gasteiger partial charge in [0.1, 0.15) is 6.29 Å². The van der Waals surface area contributed by atoms with Crippen molar-refractivity contribution in [1.82, 2.24) is 14.5 Å². The number of fused-ring (bicyclic) bond motifs is 2. The number of carbonyl (C=O) groups is 1. The van der Waals surface area contributed by atoms with Gasteiger partial charge in [-0.3, -0.25) is 0 Å². The lowest BCUT2D eigenvalue weighted by Gasteiger charge is -2.18. The molecule has 1 saturated carbocycles. The van der Waals surface area contributed by atoms with Crippen LogP contribution in [0, 0.1) is 0 Å². The summed E-state index contributed by atoms with van der Waals surface area (Å²) < 4.78 is 1.65. The predicted octanol–water partition coefficient (Wildman–Crippen LogP) is 5.58. The van der Waals surface area contributed by atoms with Crippen LogP contribution in [0.1, 0.15) is 43.7 Å². The summed E-state index contributed by atoms with van der Waals surface area (Å²) in [6.45, 7) is 4.54. The normalized spacial score (nSPS) is 14.6. The van der Waals surface area contributed by atoms with Crippen LogP contribution in [0.2, 0.25) is 0 Å². The molecule has 0 aliphatic heterocycles. The molecule has 2 heterocycles. The fourth-order valence-electron chi connectivity index (χ4n) is 3.87. The number of thioether (sulfide) groups is 1. The average Bonchev–Trinajstić information content (AvgIpc) is 3.52. The Morgan fingerprint density at radius 1 is 1.10 bits per heavy atom. The van der Waals surface area contributed by atoms with Crippen molar-refractivity contribution >= 4 is 40.0 Å². The zero-order valence-corrected chi connectivity index (χ0v) is 17.4. The van der Waals surface area contributed by atoms with Crippen molar-refractivity contribution in [3.8, 4) is 0 Å². The maximum atomic E-state index is 11.5. The van der Waals surface area contributed by atoms with Gasteiger partial charge in [0.05, 0.1) is 16.8 Å². The topological polar surface area (TPSA) is 47.8 Å². The van der Waals surface area contributed by atoms with Crippen LogP contribution < -0.4 is 0 Å². The maximum Gasteiger partial charge on any atom is 0.178 e. The van der Waals surface area contributed by atoms with Gasteiger partial charge in [0.25, 0.3) is 0 Å². The Labute approximate surface area is 174 Å². The molecule has 4 aromatic rings. The quantitative estimate of drug-likeness (QED) is 0.313. The maximum absolute atomic E-state index is 11.5. The van der Waals surface area contributed by atoms with Gasteiger partial charge in [0.15, 0.2) is 10.8 Å². The molecule has 2 aromatic heterocycles. The standard InChI is InChI=1S/C24H23N3OS/c1-24(2,15-28)29-23-26-22-21(8-5-13-25-22)27(23)14-17-11-12-19(16-9-10-16)20-7-4-3-6-18(17)20/h3-8,11-13,15-16H,9-10,14H2,1-2H3. The van der Waals surface area contributed by atoms with E-state index in [1.54, 1.807) is 6.20 Å². The highest BCUT2D eigenvalue weighted by Gasteiger charge is 2.26. The number of imidazole rings is 1. The Balaban J connectivity index is 1.64. The van der Waals surface area contributed by atoms with Gasteiger partial charge in [0, 0.05) is 6.20 Å². The number of pyridine rings is 1. The van der Waals surface area contributed by atoms with Crippen molar-refractivity contribution in [3.63, 3.8) is 0 Å². The number of nitrogens with zero attached hydrogens (tertiary/aromatic N) is 3. The average molecular weight is 402 g/mol. The van der Waals surface area contributed by atoms with Crippen LogP contribution in [0.25, 0.3) is 21.9 Å². The fourth-order valence-corrected chi connectivity index (χ4v) is 4.80. The van der Waals surface area contributed by atoms with Crippen molar-refractivity contribution in [3.05, 3.63) is 65.9 Å². The lowest BCUT2D eigenvalue weighted by molar-refractivity contribution is -0.109. The number of hydrogen-bond donors (Lipinski definition) is 0. The molecule has 0 saturated heterocycles. The van der Waals surface area contributed by atoms with Crippen LogP contribution in [0.5, 0.6) is 0 Å². The zero-order chi connectivity index (χ0) is 20.0.